The maximum absolute atomic E-state index is 12.1. The van der Waals surface area contributed by atoms with Crippen LogP contribution in [0.25, 0.3) is 10.9 Å². The number of aromatic nitrogens is 1. The summed E-state index contributed by atoms with van der Waals surface area (Å²) in [6.07, 6.45) is 1.86. The van der Waals surface area contributed by atoms with Crippen LogP contribution in [0, 0.1) is 0 Å². The highest BCUT2D eigenvalue weighted by atomic mass is 32.1. The van der Waals surface area contributed by atoms with Crippen molar-refractivity contribution in [2.45, 2.75) is 6.42 Å². The summed E-state index contributed by atoms with van der Waals surface area (Å²) in [5, 5.41) is 2.75. The van der Waals surface area contributed by atoms with Gasteiger partial charge in [-0.3, -0.25) is 9.59 Å². The Kier molecular flexibility index (Phi) is 3.83. The number of hydrogen-bond acceptors (Lipinski definition) is 4. The van der Waals surface area contributed by atoms with Crippen molar-refractivity contribution in [3.63, 3.8) is 0 Å². The summed E-state index contributed by atoms with van der Waals surface area (Å²) in [4.78, 5) is 27.8. The average Bonchev–Trinajstić information content (AvgIpc) is 3.13. The van der Waals surface area contributed by atoms with Gasteiger partial charge in [0.25, 0.3) is 0 Å². The van der Waals surface area contributed by atoms with E-state index >= 15 is 0 Å². The highest BCUT2D eigenvalue weighted by Gasteiger charge is 2.14. The van der Waals surface area contributed by atoms with Gasteiger partial charge in [0.05, 0.1) is 6.42 Å². The molecule has 4 nitrogen and oxygen atoms in total. The van der Waals surface area contributed by atoms with Crippen LogP contribution in [0.4, 0.5) is 0 Å². The molecule has 0 radical (unpaired) electrons. The molecule has 106 valence electrons. The number of carbonyl (C=O) groups excluding carboxylic acids is 2. The second-order valence-corrected chi connectivity index (χ2v) is 5.62. The summed E-state index contributed by atoms with van der Waals surface area (Å²) in [7, 11) is 0. The maximum Gasteiger partial charge on any atom is 0.311 e. The molecule has 5 heteroatoms. The summed E-state index contributed by atoms with van der Waals surface area (Å²) in [6.45, 7) is -0.230. The number of Topliss-reactive ketones (excluding diaryl/α,β-unsaturated/α-hetero) is 1. The number of hydrogen-bond donors (Lipinski definition) is 1. The van der Waals surface area contributed by atoms with Gasteiger partial charge in [0.2, 0.25) is 5.78 Å². The monoisotopic (exact) mass is 299 g/mol. The zero-order chi connectivity index (χ0) is 14.7. The molecule has 0 aliphatic carbocycles. The summed E-state index contributed by atoms with van der Waals surface area (Å²) < 4.78 is 5.05. The molecule has 0 saturated heterocycles. The van der Waals surface area contributed by atoms with E-state index in [2.05, 4.69) is 4.98 Å². The minimum atomic E-state index is -0.384. The lowest BCUT2D eigenvalue weighted by molar-refractivity contribution is -0.141. The van der Waals surface area contributed by atoms with Crippen LogP contribution in [0.1, 0.15) is 15.2 Å². The van der Waals surface area contributed by atoms with Gasteiger partial charge >= 0.3 is 5.97 Å². The van der Waals surface area contributed by atoms with E-state index in [0.717, 1.165) is 15.8 Å². The summed E-state index contributed by atoms with van der Waals surface area (Å²) in [5.74, 6) is -0.586. The van der Waals surface area contributed by atoms with E-state index in [9.17, 15) is 9.59 Å². The Morgan fingerprint density at radius 1 is 1.14 bits per heavy atom. The lowest BCUT2D eigenvalue weighted by Crippen LogP contribution is -2.15. The van der Waals surface area contributed by atoms with Gasteiger partial charge in [-0.05, 0) is 17.5 Å². The number of fused-ring (bicyclic) bond motifs is 1. The Morgan fingerprint density at radius 2 is 2.00 bits per heavy atom. The second kappa shape index (κ2) is 5.93. The van der Waals surface area contributed by atoms with Crippen LogP contribution in [0.15, 0.2) is 48.0 Å². The molecule has 3 aromatic rings. The molecule has 0 amide bonds. The van der Waals surface area contributed by atoms with Gasteiger partial charge in [0.15, 0.2) is 6.61 Å². The molecule has 0 aliphatic heterocycles. The van der Waals surface area contributed by atoms with Crippen LogP contribution in [0.2, 0.25) is 0 Å². The lowest BCUT2D eigenvalue weighted by Gasteiger charge is -2.03. The van der Waals surface area contributed by atoms with Crippen LogP contribution in [-0.4, -0.2) is 23.3 Å². The minimum Gasteiger partial charge on any atom is -0.457 e. The number of ketones is 1. The van der Waals surface area contributed by atoms with E-state index < -0.39 is 0 Å². The van der Waals surface area contributed by atoms with Gasteiger partial charge < -0.3 is 9.72 Å². The highest BCUT2D eigenvalue weighted by molar-refractivity contribution is 7.10. The zero-order valence-corrected chi connectivity index (χ0v) is 12.0. The molecule has 1 aromatic carbocycles. The third-order valence-corrected chi connectivity index (χ3v) is 4.03. The molecule has 0 unspecified atom stereocenters. The van der Waals surface area contributed by atoms with Crippen molar-refractivity contribution in [1.29, 1.82) is 0 Å². The summed E-state index contributed by atoms with van der Waals surface area (Å²) in [6, 6.07) is 11.3. The Morgan fingerprint density at radius 3 is 2.81 bits per heavy atom. The van der Waals surface area contributed by atoms with Crippen molar-refractivity contribution >= 4 is 34.0 Å². The summed E-state index contributed by atoms with van der Waals surface area (Å²) >= 11 is 1.49. The molecule has 2 heterocycles. The molecule has 1 N–H and O–H groups in total. The minimum absolute atomic E-state index is 0.202. The van der Waals surface area contributed by atoms with Gasteiger partial charge in [0.1, 0.15) is 0 Å². The van der Waals surface area contributed by atoms with Crippen LogP contribution in [-0.2, 0) is 16.0 Å². The fourth-order valence-corrected chi connectivity index (χ4v) is 2.82. The molecule has 0 aliphatic rings. The largest absolute Gasteiger partial charge is 0.457 e. The predicted molar refractivity (Wildman–Crippen MR) is 81.6 cm³/mol. The molecule has 0 atom stereocenters. The predicted octanol–water partition coefficient (Wildman–Crippen LogP) is 3.20. The third-order valence-electron chi connectivity index (χ3n) is 3.15. The molecule has 0 saturated carbocycles. The smallest absolute Gasteiger partial charge is 0.311 e. The van der Waals surface area contributed by atoms with E-state index in [1.165, 1.54) is 11.3 Å². The highest BCUT2D eigenvalue weighted by Crippen LogP contribution is 2.18. The third kappa shape index (κ3) is 3.03. The van der Waals surface area contributed by atoms with Crippen LogP contribution in [0.3, 0.4) is 0 Å². The van der Waals surface area contributed by atoms with Gasteiger partial charge in [-0.15, -0.1) is 11.3 Å². The molecular formula is C16H13NO3S. The average molecular weight is 299 g/mol. The van der Waals surface area contributed by atoms with Crippen molar-refractivity contribution < 1.29 is 14.3 Å². The normalized spacial score (nSPS) is 10.7. The van der Waals surface area contributed by atoms with Gasteiger partial charge in [-0.1, -0.05) is 24.3 Å². The lowest BCUT2D eigenvalue weighted by atomic mass is 10.1. The van der Waals surface area contributed by atoms with E-state index in [-0.39, 0.29) is 24.8 Å². The number of esters is 1. The zero-order valence-electron chi connectivity index (χ0n) is 11.2. The first kappa shape index (κ1) is 13.6. The molecule has 0 fully saturated rings. The number of carbonyl (C=O) groups is 2. The van der Waals surface area contributed by atoms with Gasteiger partial charge in [-0.25, -0.2) is 0 Å². The van der Waals surface area contributed by atoms with E-state index in [1.807, 2.05) is 41.8 Å². The number of H-pyrrole nitrogens is 1. The quantitative estimate of drug-likeness (QED) is 0.581. The molecule has 0 spiro atoms. The topological polar surface area (TPSA) is 59.2 Å². The Bertz CT molecular complexity index is 774. The second-order valence-electron chi connectivity index (χ2n) is 4.59. The number of rotatable bonds is 5. The number of aromatic amines is 1. The van der Waals surface area contributed by atoms with E-state index in [4.69, 9.17) is 4.74 Å². The van der Waals surface area contributed by atoms with Crippen molar-refractivity contribution in [3.8, 4) is 0 Å². The van der Waals surface area contributed by atoms with E-state index in [1.54, 1.807) is 6.20 Å². The number of benzene rings is 1. The first-order valence-corrected chi connectivity index (χ1v) is 7.39. The van der Waals surface area contributed by atoms with Gasteiger partial charge in [-0.2, -0.15) is 0 Å². The molecule has 3 rings (SSSR count). The molecule has 21 heavy (non-hydrogen) atoms. The van der Waals surface area contributed by atoms with Crippen molar-refractivity contribution in [2.24, 2.45) is 0 Å². The maximum atomic E-state index is 12.1. The van der Waals surface area contributed by atoms with Crippen LogP contribution >= 0.6 is 11.3 Å². The van der Waals surface area contributed by atoms with Crippen LogP contribution in [0.5, 0.6) is 0 Å². The van der Waals surface area contributed by atoms with Crippen molar-refractivity contribution in [2.75, 3.05) is 6.61 Å². The first-order valence-electron chi connectivity index (χ1n) is 6.51. The number of thiophene rings is 1. The summed E-state index contributed by atoms with van der Waals surface area (Å²) in [5.41, 5.74) is 1.44. The fourth-order valence-electron chi connectivity index (χ4n) is 2.13. The van der Waals surface area contributed by atoms with Crippen molar-refractivity contribution in [3.05, 3.63) is 58.4 Å². The first-order chi connectivity index (χ1) is 10.2. The molecular weight excluding hydrogens is 286 g/mol. The number of nitrogens with one attached hydrogen (secondary N) is 1. The van der Waals surface area contributed by atoms with E-state index in [0.29, 0.717) is 5.56 Å². The Labute approximate surface area is 125 Å². The van der Waals surface area contributed by atoms with Crippen LogP contribution < -0.4 is 0 Å². The Balaban J connectivity index is 1.63. The fraction of sp³-hybridized carbons (Fsp3) is 0.125. The molecule has 2 aromatic heterocycles. The van der Waals surface area contributed by atoms with Crippen molar-refractivity contribution in [1.82, 2.24) is 4.98 Å². The van der Waals surface area contributed by atoms with Gasteiger partial charge in [0, 0.05) is 27.5 Å². The number of ether oxygens (including phenoxy) is 1. The standard InChI is InChI=1S/C16H13NO3S/c18-15(10-20-16(19)8-11-4-3-7-21-11)13-9-17-14-6-2-1-5-12(13)14/h1-7,9,17H,8,10H2. The number of para-hydroxylation sites is 1. The SMILES string of the molecule is O=C(Cc1cccs1)OCC(=O)c1c[nH]c2ccccc12. The Hall–Kier alpha value is -2.40. The molecule has 0 bridgehead atoms.